The van der Waals surface area contributed by atoms with E-state index in [2.05, 4.69) is 0 Å². The molecular formula is C7H5K2NO5S. The number of benzene rings is 1. The largest absolute Gasteiger partial charge is 1.00 e. The Labute approximate surface area is 178 Å². The summed E-state index contributed by atoms with van der Waals surface area (Å²) < 4.78 is 31.5. The molecule has 1 aromatic rings. The van der Waals surface area contributed by atoms with Crippen LogP contribution in [-0.4, -0.2) is 18.9 Å². The molecule has 0 aliphatic heterocycles. The van der Waals surface area contributed by atoms with Gasteiger partial charge in [0.05, 0.1) is 10.9 Å². The molecule has 0 fully saturated rings. The van der Waals surface area contributed by atoms with Gasteiger partial charge in [0.25, 0.3) is 0 Å². The van der Waals surface area contributed by atoms with Crippen LogP contribution in [-0.2, 0) is 10.1 Å². The van der Waals surface area contributed by atoms with Crippen LogP contribution in [0.25, 0.3) is 0 Å². The van der Waals surface area contributed by atoms with Gasteiger partial charge in [0.1, 0.15) is 10.1 Å². The number of rotatable bonds is 2. The fraction of sp³-hybridized carbons (Fsp3) is 0. The average molecular weight is 293 g/mol. The molecule has 0 aliphatic rings. The number of aromatic carboxylic acids is 1. The molecule has 0 unspecified atom stereocenters. The van der Waals surface area contributed by atoms with E-state index in [1.807, 2.05) is 0 Å². The Morgan fingerprint density at radius 2 is 1.75 bits per heavy atom. The van der Waals surface area contributed by atoms with E-state index in [0.717, 1.165) is 12.1 Å². The van der Waals surface area contributed by atoms with Crippen LogP contribution in [0.3, 0.4) is 0 Å². The first kappa shape index (κ1) is 20.0. The smallest absolute Gasteiger partial charge is 0.744 e. The predicted molar refractivity (Wildman–Crippen MR) is 43.1 cm³/mol. The monoisotopic (exact) mass is 293 g/mol. The van der Waals surface area contributed by atoms with Crippen molar-refractivity contribution in [2.24, 2.45) is 0 Å². The molecule has 2 N–H and O–H groups in total. The first-order valence-electron chi connectivity index (χ1n) is 3.39. The van der Waals surface area contributed by atoms with E-state index >= 15 is 0 Å². The summed E-state index contributed by atoms with van der Waals surface area (Å²) in [5.74, 6) is -1.63. The van der Waals surface area contributed by atoms with E-state index in [4.69, 9.17) is 5.73 Å². The number of anilines is 1. The first-order valence-corrected chi connectivity index (χ1v) is 4.80. The Hall–Kier alpha value is 1.67. The Morgan fingerprint density at radius 1 is 1.25 bits per heavy atom. The third kappa shape index (κ3) is 5.54. The molecule has 16 heavy (non-hydrogen) atoms. The minimum absolute atomic E-state index is 0. The molecule has 0 spiro atoms. The van der Waals surface area contributed by atoms with Crippen LogP contribution >= 0.6 is 0 Å². The minimum Gasteiger partial charge on any atom is -0.744 e. The van der Waals surface area contributed by atoms with Crippen molar-refractivity contribution in [2.75, 3.05) is 5.73 Å². The maximum Gasteiger partial charge on any atom is 1.00 e. The quantitative estimate of drug-likeness (QED) is 0.328. The van der Waals surface area contributed by atoms with Crippen LogP contribution in [0.1, 0.15) is 10.4 Å². The normalized spacial score (nSPS) is 9.81. The van der Waals surface area contributed by atoms with Crippen molar-refractivity contribution in [3.05, 3.63) is 23.8 Å². The second-order valence-corrected chi connectivity index (χ2v) is 3.87. The average Bonchev–Trinajstić information content (AvgIpc) is 2.02. The Morgan fingerprint density at radius 3 is 2.12 bits per heavy atom. The SMILES string of the molecule is Nc1ccc(S(=O)(=O)[O-])cc1C(=O)[O-].[K+].[K+]. The number of carboxylic acids is 1. The van der Waals surface area contributed by atoms with Crippen molar-refractivity contribution in [3.8, 4) is 0 Å². The third-order valence-corrected chi connectivity index (χ3v) is 2.36. The maximum absolute atomic E-state index is 10.5. The molecule has 0 radical (unpaired) electrons. The summed E-state index contributed by atoms with van der Waals surface area (Å²) in [6, 6.07) is 2.63. The summed E-state index contributed by atoms with van der Waals surface area (Å²) in [7, 11) is -4.67. The Bertz CT molecular complexity index is 488. The summed E-state index contributed by atoms with van der Waals surface area (Å²) in [5, 5.41) is 10.4. The number of carboxylic acid groups (broad SMARTS) is 1. The summed E-state index contributed by atoms with van der Waals surface area (Å²) in [4.78, 5) is 9.77. The molecule has 6 nitrogen and oxygen atoms in total. The Balaban J connectivity index is 0. The summed E-state index contributed by atoms with van der Waals surface area (Å²) in [5.41, 5.74) is 4.55. The summed E-state index contributed by atoms with van der Waals surface area (Å²) in [6.45, 7) is 0. The van der Waals surface area contributed by atoms with Crippen molar-refractivity contribution in [3.63, 3.8) is 0 Å². The van der Waals surface area contributed by atoms with Crippen molar-refractivity contribution < 1.29 is 126 Å². The van der Waals surface area contributed by atoms with Crippen molar-refractivity contribution in [1.29, 1.82) is 0 Å². The summed E-state index contributed by atoms with van der Waals surface area (Å²) in [6.07, 6.45) is 0. The van der Waals surface area contributed by atoms with Gasteiger partial charge < -0.3 is 20.2 Å². The van der Waals surface area contributed by atoms with Crippen molar-refractivity contribution >= 4 is 21.8 Å². The molecule has 1 rings (SSSR count). The predicted octanol–water partition coefficient (Wildman–Crippen LogP) is -7.46. The van der Waals surface area contributed by atoms with Gasteiger partial charge in [-0.2, -0.15) is 0 Å². The van der Waals surface area contributed by atoms with Crippen LogP contribution in [0.5, 0.6) is 0 Å². The van der Waals surface area contributed by atoms with Crippen molar-refractivity contribution in [2.45, 2.75) is 4.90 Å². The second-order valence-electron chi connectivity index (χ2n) is 2.49. The van der Waals surface area contributed by atoms with E-state index in [0.29, 0.717) is 6.07 Å². The molecular weight excluding hydrogens is 288 g/mol. The molecule has 0 saturated carbocycles. The maximum atomic E-state index is 10.5. The fourth-order valence-corrected chi connectivity index (χ4v) is 1.36. The van der Waals surface area contributed by atoms with E-state index in [-0.39, 0.29) is 108 Å². The standard InChI is InChI=1S/C7H7NO5S.2K/c8-6-2-1-4(14(11,12)13)3-5(6)7(9)10;;/h1-3H,8H2,(H,9,10)(H,11,12,13);;/q;2*+1/p-2. The van der Waals surface area contributed by atoms with Crippen LogP contribution in [0.2, 0.25) is 0 Å². The molecule has 76 valence electrons. The minimum atomic E-state index is -4.67. The van der Waals surface area contributed by atoms with Gasteiger partial charge in [0.15, 0.2) is 0 Å². The van der Waals surface area contributed by atoms with E-state index in [1.54, 1.807) is 0 Å². The first-order chi connectivity index (χ1) is 6.32. The van der Waals surface area contributed by atoms with E-state index < -0.39 is 26.5 Å². The number of hydrogen-bond donors (Lipinski definition) is 1. The number of nitrogen functional groups attached to an aromatic ring is 1. The van der Waals surface area contributed by atoms with Crippen LogP contribution in [0.15, 0.2) is 23.1 Å². The third-order valence-electron chi connectivity index (χ3n) is 1.53. The zero-order valence-electron chi connectivity index (χ0n) is 8.76. The van der Waals surface area contributed by atoms with E-state index in [1.165, 1.54) is 0 Å². The fourth-order valence-electron chi connectivity index (χ4n) is 0.868. The van der Waals surface area contributed by atoms with Gasteiger partial charge >= 0.3 is 103 Å². The van der Waals surface area contributed by atoms with Crippen LogP contribution < -0.4 is 114 Å². The molecule has 0 heterocycles. The molecule has 9 heteroatoms. The number of carbonyl (C=O) groups is 1. The second kappa shape index (κ2) is 7.97. The van der Waals surface area contributed by atoms with E-state index in [9.17, 15) is 22.9 Å². The topological polar surface area (TPSA) is 123 Å². The number of carbonyl (C=O) groups excluding carboxylic acids is 1. The van der Waals surface area contributed by atoms with Gasteiger partial charge in [0.2, 0.25) is 0 Å². The molecule has 0 atom stereocenters. The van der Waals surface area contributed by atoms with Crippen molar-refractivity contribution in [1.82, 2.24) is 0 Å². The molecule has 1 aromatic carbocycles. The van der Waals surface area contributed by atoms with Gasteiger partial charge in [0, 0.05) is 11.3 Å². The molecule has 0 bridgehead atoms. The Kier molecular flexibility index (Phi) is 9.96. The summed E-state index contributed by atoms with van der Waals surface area (Å²) >= 11 is 0. The molecule has 0 aliphatic carbocycles. The van der Waals surface area contributed by atoms with Crippen LogP contribution in [0, 0.1) is 0 Å². The van der Waals surface area contributed by atoms with Gasteiger partial charge in [-0.05, 0) is 18.2 Å². The van der Waals surface area contributed by atoms with Crippen LogP contribution in [0.4, 0.5) is 5.69 Å². The van der Waals surface area contributed by atoms with Gasteiger partial charge in [-0.3, -0.25) is 0 Å². The number of nitrogens with two attached hydrogens (primary N) is 1. The molecule has 0 aromatic heterocycles. The zero-order chi connectivity index (χ0) is 10.9. The van der Waals surface area contributed by atoms with Gasteiger partial charge in [-0.1, -0.05) is 0 Å². The molecule has 0 amide bonds. The van der Waals surface area contributed by atoms with Gasteiger partial charge in [-0.15, -0.1) is 0 Å². The number of hydrogen-bond acceptors (Lipinski definition) is 6. The van der Waals surface area contributed by atoms with Gasteiger partial charge in [-0.25, -0.2) is 8.42 Å². The zero-order valence-corrected chi connectivity index (χ0v) is 15.8. The molecule has 0 saturated heterocycles.